The first kappa shape index (κ1) is 12.8. The molecule has 2 bridgehead atoms. The maximum absolute atomic E-state index is 12.9. The number of nitrogens with zero attached hydrogens (tertiary/aromatic N) is 2. The molecule has 116 valence electrons. The van der Waals surface area contributed by atoms with Crippen LogP contribution >= 0.6 is 0 Å². The maximum atomic E-state index is 12.9. The number of hydrogen-bond donors (Lipinski definition) is 2. The molecule has 0 radical (unpaired) electrons. The summed E-state index contributed by atoms with van der Waals surface area (Å²) in [6.07, 6.45) is 3.08. The zero-order chi connectivity index (χ0) is 15.8. The number of carboxylic acid groups (broad SMARTS) is 1. The second-order valence-electron chi connectivity index (χ2n) is 6.24. The number of aromatic nitrogens is 2. The van der Waals surface area contributed by atoms with Gasteiger partial charge < -0.3 is 14.8 Å². The summed E-state index contributed by atoms with van der Waals surface area (Å²) in [7, 11) is 0. The minimum atomic E-state index is -0.994. The van der Waals surface area contributed by atoms with Gasteiger partial charge in [-0.15, -0.1) is 0 Å². The number of carbonyl (C=O) groups is 2. The fourth-order valence-electron chi connectivity index (χ4n) is 4.03. The number of nitrogens with one attached hydrogen (secondary N) is 1. The number of anilines is 1. The van der Waals surface area contributed by atoms with Gasteiger partial charge in [-0.3, -0.25) is 14.5 Å². The van der Waals surface area contributed by atoms with Gasteiger partial charge in [0.05, 0.1) is 29.6 Å². The Bertz CT molecular complexity index is 855. The summed E-state index contributed by atoms with van der Waals surface area (Å²) in [4.78, 5) is 33.5. The first-order valence-electron chi connectivity index (χ1n) is 7.45. The highest BCUT2D eigenvalue weighted by atomic mass is 16.5. The van der Waals surface area contributed by atoms with Crippen LogP contribution in [0.1, 0.15) is 0 Å². The number of carbonyl (C=O) groups excluding carboxylic acids is 1. The van der Waals surface area contributed by atoms with Crippen molar-refractivity contribution in [1.82, 2.24) is 9.97 Å². The van der Waals surface area contributed by atoms with Gasteiger partial charge in [0, 0.05) is 0 Å². The van der Waals surface area contributed by atoms with Gasteiger partial charge in [-0.1, -0.05) is 24.3 Å². The minimum absolute atomic E-state index is 0.247. The third kappa shape index (κ3) is 1.49. The number of ether oxygens (including phenoxy) is 1. The summed E-state index contributed by atoms with van der Waals surface area (Å²) in [5.41, 5.74) is 0.754. The van der Waals surface area contributed by atoms with E-state index in [0.29, 0.717) is 5.95 Å². The highest BCUT2D eigenvalue weighted by molar-refractivity contribution is 6.02. The smallest absolute Gasteiger partial charge is 0.310 e. The number of aliphatic carboxylic acids is 1. The predicted octanol–water partition coefficient (Wildman–Crippen LogP) is 0.934. The van der Waals surface area contributed by atoms with Gasteiger partial charge in [0.15, 0.2) is 0 Å². The van der Waals surface area contributed by atoms with Gasteiger partial charge in [0.25, 0.3) is 0 Å². The Hall–Kier alpha value is -2.67. The van der Waals surface area contributed by atoms with E-state index in [9.17, 15) is 14.7 Å². The molecule has 4 atom stereocenters. The van der Waals surface area contributed by atoms with Crippen LogP contribution in [0.2, 0.25) is 0 Å². The average Bonchev–Trinajstić information content (AvgIpc) is 3.25. The van der Waals surface area contributed by atoms with Crippen LogP contribution in [0, 0.1) is 11.8 Å². The highest BCUT2D eigenvalue weighted by Crippen LogP contribution is 2.52. The van der Waals surface area contributed by atoms with Crippen molar-refractivity contribution in [1.29, 1.82) is 0 Å². The first-order chi connectivity index (χ1) is 11.1. The molecule has 5 rings (SSSR count). The molecule has 7 heteroatoms. The second kappa shape index (κ2) is 3.99. The standard InChI is InChI=1S/C16H13N3O4/c20-13-12-11(14(21)22)10-5-6-16(12,23-10)7-19(13)15-17-8-3-1-2-4-9(8)18-15/h1-6,10-12H,7H2,(H,17,18)(H,21,22). The number of amides is 1. The Morgan fingerprint density at radius 3 is 3.04 bits per heavy atom. The van der Waals surface area contributed by atoms with Crippen molar-refractivity contribution in [2.24, 2.45) is 11.8 Å². The van der Waals surface area contributed by atoms with E-state index in [2.05, 4.69) is 9.97 Å². The van der Waals surface area contributed by atoms with Gasteiger partial charge in [-0.2, -0.15) is 0 Å². The summed E-state index contributed by atoms with van der Waals surface area (Å²) in [6, 6.07) is 7.50. The van der Waals surface area contributed by atoms with E-state index in [-0.39, 0.29) is 12.5 Å². The fourth-order valence-corrected chi connectivity index (χ4v) is 4.03. The molecular weight excluding hydrogens is 298 g/mol. The Balaban J connectivity index is 1.58. The molecule has 0 aliphatic carbocycles. The predicted molar refractivity (Wildman–Crippen MR) is 79.8 cm³/mol. The van der Waals surface area contributed by atoms with E-state index in [1.54, 1.807) is 6.08 Å². The summed E-state index contributed by atoms with van der Waals surface area (Å²) in [5, 5.41) is 9.46. The largest absolute Gasteiger partial charge is 0.481 e. The Morgan fingerprint density at radius 1 is 1.43 bits per heavy atom. The lowest BCUT2D eigenvalue weighted by Gasteiger charge is -2.21. The molecule has 7 nitrogen and oxygen atoms in total. The van der Waals surface area contributed by atoms with Crippen LogP contribution in [0.25, 0.3) is 11.0 Å². The average molecular weight is 311 g/mol. The molecule has 1 amide bonds. The SMILES string of the molecule is O=C(O)C1C2C=CC3(CN(c4nc5ccccc5[nH]4)C(=O)C13)O2. The van der Waals surface area contributed by atoms with Crippen molar-refractivity contribution < 1.29 is 19.4 Å². The van der Waals surface area contributed by atoms with Crippen LogP contribution in [0.3, 0.4) is 0 Å². The number of benzene rings is 1. The molecule has 2 aromatic rings. The molecule has 4 unspecified atom stereocenters. The topological polar surface area (TPSA) is 95.5 Å². The minimum Gasteiger partial charge on any atom is -0.481 e. The van der Waals surface area contributed by atoms with Crippen LogP contribution in [-0.4, -0.2) is 45.2 Å². The van der Waals surface area contributed by atoms with Gasteiger partial charge in [0.1, 0.15) is 11.5 Å². The number of aromatic amines is 1. The molecule has 1 aromatic carbocycles. The zero-order valence-electron chi connectivity index (χ0n) is 12.0. The zero-order valence-corrected chi connectivity index (χ0v) is 12.0. The third-order valence-corrected chi connectivity index (χ3v) is 5.02. The van der Waals surface area contributed by atoms with Crippen molar-refractivity contribution in [2.75, 3.05) is 11.4 Å². The van der Waals surface area contributed by atoms with Crippen molar-refractivity contribution in [3.63, 3.8) is 0 Å². The monoisotopic (exact) mass is 311 g/mol. The molecule has 2 fully saturated rings. The van der Waals surface area contributed by atoms with Crippen LogP contribution in [0.5, 0.6) is 0 Å². The van der Waals surface area contributed by atoms with E-state index < -0.39 is 29.5 Å². The number of rotatable bonds is 2. The normalized spacial score (nSPS) is 34.5. The van der Waals surface area contributed by atoms with Gasteiger partial charge >= 0.3 is 5.97 Å². The Morgan fingerprint density at radius 2 is 2.26 bits per heavy atom. The third-order valence-electron chi connectivity index (χ3n) is 5.02. The Labute approximate surface area is 130 Å². The lowest BCUT2D eigenvalue weighted by atomic mass is 9.77. The molecular formula is C16H13N3O4. The van der Waals surface area contributed by atoms with E-state index in [4.69, 9.17) is 4.74 Å². The molecule has 3 aliphatic rings. The fraction of sp³-hybridized carbons (Fsp3) is 0.312. The van der Waals surface area contributed by atoms with Crippen LogP contribution in [-0.2, 0) is 14.3 Å². The maximum Gasteiger partial charge on any atom is 0.310 e. The summed E-state index contributed by atoms with van der Waals surface area (Å²) in [6.45, 7) is 0.285. The lowest BCUT2D eigenvalue weighted by molar-refractivity contribution is -0.146. The van der Waals surface area contributed by atoms with E-state index in [0.717, 1.165) is 11.0 Å². The van der Waals surface area contributed by atoms with Crippen molar-refractivity contribution in [3.05, 3.63) is 36.4 Å². The number of H-pyrrole nitrogens is 1. The van der Waals surface area contributed by atoms with Crippen LogP contribution < -0.4 is 4.90 Å². The number of para-hydroxylation sites is 2. The van der Waals surface area contributed by atoms with Gasteiger partial charge in [0.2, 0.25) is 11.9 Å². The van der Waals surface area contributed by atoms with E-state index in [1.807, 2.05) is 30.3 Å². The van der Waals surface area contributed by atoms with Gasteiger partial charge in [-0.05, 0) is 12.1 Å². The van der Waals surface area contributed by atoms with Gasteiger partial charge in [-0.25, -0.2) is 4.98 Å². The molecule has 23 heavy (non-hydrogen) atoms. The summed E-state index contributed by atoms with van der Waals surface area (Å²) < 4.78 is 5.86. The first-order valence-corrected chi connectivity index (χ1v) is 7.45. The summed E-state index contributed by atoms with van der Waals surface area (Å²) in [5.74, 6) is -2.33. The molecule has 1 spiro atoms. The van der Waals surface area contributed by atoms with E-state index in [1.165, 1.54) is 4.90 Å². The van der Waals surface area contributed by atoms with Crippen molar-refractivity contribution >= 4 is 28.9 Å². The molecule has 2 saturated heterocycles. The van der Waals surface area contributed by atoms with Crippen molar-refractivity contribution in [2.45, 2.75) is 11.7 Å². The second-order valence-corrected chi connectivity index (χ2v) is 6.24. The molecule has 4 heterocycles. The number of carboxylic acids is 1. The molecule has 3 aliphatic heterocycles. The quantitative estimate of drug-likeness (QED) is 0.805. The van der Waals surface area contributed by atoms with E-state index >= 15 is 0 Å². The van der Waals surface area contributed by atoms with Crippen LogP contribution in [0.4, 0.5) is 5.95 Å². The van der Waals surface area contributed by atoms with Crippen molar-refractivity contribution in [3.8, 4) is 0 Å². The highest BCUT2D eigenvalue weighted by Gasteiger charge is 2.67. The number of imidazole rings is 1. The Kier molecular flexibility index (Phi) is 2.23. The molecule has 2 N–H and O–H groups in total. The number of fused-ring (bicyclic) bond motifs is 2. The molecule has 1 aromatic heterocycles. The number of hydrogen-bond acceptors (Lipinski definition) is 4. The summed E-state index contributed by atoms with van der Waals surface area (Å²) >= 11 is 0. The molecule has 0 saturated carbocycles. The van der Waals surface area contributed by atoms with Crippen LogP contribution in [0.15, 0.2) is 36.4 Å². The lowest BCUT2D eigenvalue weighted by Crippen LogP contribution is -2.39.